The second-order valence-electron chi connectivity index (χ2n) is 7.40. The highest BCUT2D eigenvalue weighted by atomic mass is 35.5. The number of likely N-dealkylation sites (N-methyl/N-ethyl adjacent to an activating group) is 1. The molecule has 2 aromatic heterocycles. The topological polar surface area (TPSA) is 136 Å². The van der Waals surface area contributed by atoms with Crippen LogP contribution < -0.4 is 11.2 Å². The van der Waals surface area contributed by atoms with Crippen LogP contribution in [0.4, 0.5) is 0 Å². The number of hydrogen-bond acceptors (Lipinski definition) is 7. The molecule has 0 aliphatic heterocycles. The highest BCUT2D eigenvalue weighted by Gasteiger charge is 2.24. The van der Waals surface area contributed by atoms with Crippen LogP contribution in [0.25, 0.3) is 11.2 Å². The van der Waals surface area contributed by atoms with Gasteiger partial charge in [-0.3, -0.25) is 19.1 Å². The van der Waals surface area contributed by atoms with E-state index in [4.69, 9.17) is 16.3 Å². The van der Waals surface area contributed by atoms with Crippen molar-refractivity contribution in [1.82, 2.24) is 23.4 Å². The van der Waals surface area contributed by atoms with Crippen molar-refractivity contribution < 1.29 is 17.9 Å². The Hall–Kier alpha value is -2.96. The number of sulfonamides is 1. The van der Waals surface area contributed by atoms with Crippen molar-refractivity contribution in [1.29, 1.82) is 0 Å². The Bertz CT molecular complexity index is 1390. The fourth-order valence-electron chi connectivity index (χ4n) is 3.19. The quantitative estimate of drug-likeness (QED) is 0.439. The summed E-state index contributed by atoms with van der Waals surface area (Å²) in [5.41, 5.74) is -0.770. The molecule has 0 radical (unpaired) electrons. The van der Waals surface area contributed by atoms with E-state index in [2.05, 4.69) is 9.97 Å². The van der Waals surface area contributed by atoms with Crippen LogP contribution in [0.3, 0.4) is 0 Å². The van der Waals surface area contributed by atoms with Crippen molar-refractivity contribution in [3.8, 4) is 0 Å². The third-order valence-corrected chi connectivity index (χ3v) is 7.15. The maximum Gasteiger partial charge on any atom is 0.330 e. The SMILES string of the molecule is CCCCn1c(=O)[nH]c(=O)c2c1nc(COC(=O)CN(C)S(=O)(=O)c1ccc(Cl)cc1)n2C. The van der Waals surface area contributed by atoms with Gasteiger partial charge in [0, 0.05) is 25.7 Å². The van der Waals surface area contributed by atoms with Gasteiger partial charge in [-0.15, -0.1) is 0 Å². The Kier molecular flexibility index (Phi) is 7.40. The number of nitrogens with one attached hydrogen (secondary N) is 1. The molecule has 0 spiro atoms. The van der Waals surface area contributed by atoms with E-state index in [0.717, 1.165) is 17.1 Å². The Balaban J connectivity index is 1.76. The first kappa shape index (κ1) is 24.7. The van der Waals surface area contributed by atoms with Crippen LogP contribution in [0.15, 0.2) is 38.8 Å². The highest BCUT2D eigenvalue weighted by molar-refractivity contribution is 7.89. The van der Waals surface area contributed by atoms with Crippen molar-refractivity contribution >= 4 is 38.8 Å². The van der Waals surface area contributed by atoms with Crippen LogP contribution in [0, 0.1) is 0 Å². The van der Waals surface area contributed by atoms with Crippen molar-refractivity contribution in [2.75, 3.05) is 13.6 Å². The molecule has 178 valence electrons. The lowest BCUT2D eigenvalue weighted by Gasteiger charge is -2.16. The molecular weight excluding hydrogens is 474 g/mol. The third kappa shape index (κ3) is 5.18. The van der Waals surface area contributed by atoms with Gasteiger partial charge >= 0.3 is 11.7 Å². The van der Waals surface area contributed by atoms with E-state index in [1.54, 1.807) is 7.05 Å². The summed E-state index contributed by atoms with van der Waals surface area (Å²) in [5.74, 6) is -0.567. The summed E-state index contributed by atoms with van der Waals surface area (Å²) < 4.78 is 34.1. The van der Waals surface area contributed by atoms with Crippen molar-refractivity contribution in [2.24, 2.45) is 7.05 Å². The Labute approximate surface area is 194 Å². The summed E-state index contributed by atoms with van der Waals surface area (Å²) in [6.07, 6.45) is 1.56. The molecule has 1 N–H and O–H groups in total. The maximum absolute atomic E-state index is 12.6. The number of aromatic amines is 1. The first-order valence-electron chi connectivity index (χ1n) is 10.1. The molecule has 0 atom stereocenters. The van der Waals surface area contributed by atoms with Crippen LogP contribution in [0.5, 0.6) is 0 Å². The summed E-state index contributed by atoms with van der Waals surface area (Å²) in [6, 6.07) is 5.56. The zero-order valence-corrected chi connectivity index (χ0v) is 19.9. The largest absolute Gasteiger partial charge is 0.457 e. The molecular formula is C20H24ClN5O6S. The van der Waals surface area contributed by atoms with E-state index >= 15 is 0 Å². The molecule has 0 saturated carbocycles. The first-order chi connectivity index (χ1) is 15.6. The standard InChI is InChI=1S/C20H24ClN5O6S/c1-4-5-10-26-18-17(19(28)23-20(26)29)25(3)15(22-18)12-32-16(27)11-24(2)33(30,31)14-8-6-13(21)7-9-14/h6-9H,4-5,10-12H2,1-3H3,(H,23,28,29). The summed E-state index contributed by atoms with van der Waals surface area (Å²) >= 11 is 5.79. The van der Waals surface area contributed by atoms with Gasteiger partial charge in [0.1, 0.15) is 19.0 Å². The second kappa shape index (κ2) is 9.89. The molecule has 3 aromatic rings. The zero-order chi connectivity index (χ0) is 24.3. The van der Waals surface area contributed by atoms with E-state index in [-0.39, 0.29) is 28.5 Å². The minimum atomic E-state index is -3.92. The number of H-pyrrole nitrogens is 1. The van der Waals surface area contributed by atoms with Gasteiger partial charge < -0.3 is 9.30 Å². The fourth-order valence-corrected chi connectivity index (χ4v) is 4.43. The number of ether oxygens (including phenoxy) is 1. The summed E-state index contributed by atoms with van der Waals surface area (Å²) in [6.45, 7) is 1.52. The van der Waals surface area contributed by atoms with Crippen molar-refractivity contribution in [3.63, 3.8) is 0 Å². The summed E-state index contributed by atoms with van der Waals surface area (Å²) in [5, 5.41) is 0.386. The van der Waals surface area contributed by atoms with Crippen LogP contribution >= 0.6 is 11.6 Å². The lowest BCUT2D eigenvalue weighted by Crippen LogP contribution is -2.33. The molecule has 2 heterocycles. The molecule has 0 amide bonds. The normalized spacial score (nSPS) is 11.9. The molecule has 0 fully saturated rings. The predicted molar refractivity (Wildman–Crippen MR) is 122 cm³/mol. The number of benzene rings is 1. The van der Waals surface area contributed by atoms with E-state index in [1.807, 2.05) is 6.92 Å². The maximum atomic E-state index is 12.6. The van der Waals surface area contributed by atoms with Gasteiger partial charge in [-0.05, 0) is 30.7 Å². The molecule has 1 aromatic carbocycles. The number of imidazole rings is 1. The van der Waals surface area contributed by atoms with Gasteiger partial charge in [-0.2, -0.15) is 4.31 Å². The Morgan fingerprint density at radius 2 is 1.91 bits per heavy atom. The molecule has 11 nitrogen and oxygen atoms in total. The minimum absolute atomic E-state index is 0.0122. The van der Waals surface area contributed by atoms with Gasteiger partial charge in [0.25, 0.3) is 5.56 Å². The molecule has 33 heavy (non-hydrogen) atoms. The number of halogens is 1. The number of esters is 1. The zero-order valence-electron chi connectivity index (χ0n) is 18.4. The average Bonchev–Trinajstić information content (AvgIpc) is 3.09. The predicted octanol–water partition coefficient (Wildman–Crippen LogP) is 1.24. The number of nitrogens with zero attached hydrogens (tertiary/aromatic N) is 4. The van der Waals surface area contributed by atoms with Gasteiger partial charge in [0.05, 0.1) is 4.90 Å². The number of unbranched alkanes of at least 4 members (excludes halogenated alkanes) is 1. The van der Waals surface area contributed by atoms with Crippen LogP contribution in [-0.2, 0) is 39.8 Å². The molecule has 0 bridgehead atoms. The number of rotatable bonds is 9. The van der Waals surface area contributed by atoms with Crippen LogP contribution in [0.2, 0.25) is 5.02 Å². The number of aryl methyl sites for hydroxylation is 2. The number of hydrogen-bond donors (Lipinski definition) is 1. The van der Waals surface area contributed by atoms with Gasteiger partial charge in [0.15, 0.2) is 11.2 Å². The molecule has 0 saturated heterocycles. The lowest BCUT2D eigenvalue weighted by atomic mass is 10.3. The molecule has 0 aliphatic rings. The Morgan fingerprint density at radius 1 is 1.24 bits per heavy atom. The second-order valence-corrected chi connectivity index (χ2v) is 9.88. The molecule has 0 unspecified atom stereocenters. The summed E-state index contributed by atoms with van der Waals surface area (Å²) in [7, 11) is -1.09. The lowest BCUT2D eigenvalue weighted by molar-refractivity contribution is -0.145. The third-order valence-electron chi connectivity index (χ3n) is 5.08. The van der Waals surface area contributed by atoms with Crippen molar-refractivity contribution in [2.45, 2.75) is 37.8 Å². The fraction of sp³-hybridized carbons (Fsp3) is 0.400. The van der Waals surface area contributed by atoms with E-state index < -0.39 is 33.8 Å². The van der Waals surface area contributed by atoms with Gasteiger partial charge in [0.2, 0.25) is 10.0 Å². The smallest absolute Gasteiger partial charge is 0.330 e. The number of aromatic nitrogens is 4. The van der Waals surface area contributed by atoms with Gasteiger partial charge in [-0.1, -0.05) is 24.9 Å². The molecule has 13 heteroatoms. The molecule has 3 rings (SSSR count). The number of fused-ring (bicyclic) bond motifs is 1. The number of carbonyl (C=O) groups is 1. The summed E-state index contributed by atoms with van der Waals surface area (Å²) in [4.78, 5) is 43.4. The van der Waals surface area contributed by atoms with Crippen LogP contribution in [0.1, 0.15) is 25.6 Å². The van der Waals surface area contributed by atoms with E-state index in [9.17, 15) is 22.8 Å². The minimum Gasteiger partial charge on any atom is -0.457 e. The first-order valence-corrected chi connectivity index (χ1v) is 11.9. The Morgan fingerprint density at radius 3 is 2.55 bits per heavy atom. The van der Waals surface area contributed by atoms with E-state index in [0.29, 0.717) is 11.6 Å². The highest BCUT2D eigenvalue weighted by Crippen LogP contribution is 2.17. The van der Waals surface area contributed by atoms with E-state index in [1.165, 1.54) is 40.4 Å². The monoisotopic (exact) mass is 497 g/mol. The van der Waals surface area contributed by atoms with Crippen molar-refractivity contribution in [3.05, 3.63) is 56.0 Å². The van der Waals surface area contributed by atoms with Crippen LogP contribution in [-0.4, -0.2) is 51.4 Å². The molecule has 0 aliphatic carbocycles. The number of carbonyl (C=O) groups excluding carboxylic acids is 1. The van der Waals surface area contributed by atoms with Gasteiger partial charge in [-0.25, -0.2) is 18.2 Å². The average molecular weight is 498 g/mol.